The lowest BCUT2D eigenvalue weighted by molar-refractivity contribution is 0.0951. The first-order valence-corrected chi connectivity index (χ1v) is 13.1. The van der Waals surface area contributed by atoms with Crippen LogP contribution in [0.15, 0.2) is 77.8 Å². The molecule has 186 valence electrons. The van der Waals surface area contributed by atoms with E-state index in [0.717, 1.165) is 26.5 Å². The number of hydrogen-bond acceptors (Lipinski definition) is 7. The molecule has 37 heavy (non-hydrogen) atoms. The van der Waals surface area contributed by atoms with Crippen molar-refractivity contribution < 1.29 is 9.18 Å². The Morgan fingerprint density at radius 1 is 1.19 bits per heavy atom. The van der Waals surface area contributed by atoms with Gasteiger partial charge >= 0.3 is 0 Å². The molecule has 5 rings (SSSR count). The molecular weight excluding hydrogens is 533 g/mol. The summed E-state index contributed by atoms with van der Waals surface area (Å²) in [5.74, 6) is -1.43. The van der Waals surface area contributed by atoms with Crippen molar-refractivity contribution in [2.45, 2.75) is 13.1 Å². The number of aromatic nitrogens is 4. The molecule has 0 aliphatic carbocycles. The lowest BCUT2D eigenvalue weighted by Gasteiger charge is -2.10. The fourth-order valence-corrected chi connectivity index (χ4v) is 5.39. The van der Waals surface area contributed by atoms with E-state index >= 15 is 4.39 Å². The van der Waals surface area contributed by atoms with Crippen molar-refractivity contribution in [1.29, 1.82) is 0 Å². The van der Waals surface area contributed by atoms with Gasteiger partial charge in [0, 0.05) is 22.2 Å². The normalized spacial score (nSPS) is 11.0. The van der Waals surface area contributed by atoms with Crippen LogP contribution in [-0.4, -0.2) is 25.2 Å². The molecule has 4 aromatic heterocycles. The number of halogens is 2. The Labute approximate surface area is 224 Å². The second-order valence-corrected chi connectivity index (χ2v) is 10.6. The van der Waals surface area contributed by atoms with Crippen LogP contribution in [0.3, 0.4) is 0 Å². The highest BCUT2D eigenvalue weighted by molar-refractivity contribution is 7.16. The first-order chi connectivity index (χ1) is 18.0. The van der Waals surface area contributed by atoms with E-state index in [1.807, 2.05) is 36.4 Å². The highest BCUT2D eigenvalue weighted by Gasteiger charge is 2.26. The molecule has 0 saturated heterocycles. The highest BCUT2D eigenvalue weighted by Crippen LogP contribution is 2.31. The molecule has 0 unspecified atom stereocenters. The molecule has 0 atom stereocenters. The minimum Gasteiger partial charge on any atom is -0.363 e. The molecular formula is C26H19ClFN5O2S2. The van der Waals surface area contributed by atoms with Crippen molar-refractivity contribution in [3.8, 4) is 11.3 Å². The molecule has 0 radical (unpaired) electrons. The Bertz CT molecular complexity index is 1640. The molecule has 0 bridgehead atoms. The number of carbonyl (C=O) groups excluding carboxylic acids is 1. The van der Waals surface area contributed by atoms with E-state index in [-0.39, 0.29) is 34.7 Å². The molecule has 0 spiro atoms. The average molecular weight is 552 g/mol. The van der Waals surface area contributed by atoms with Crippen LogP contribution in [0, 0.1) is 5.82 Å². The number of anilines is 1. The Morgan fingerprint density at radius 3 is 2.68 bits per heavy atom. The van der Waals surface area contributed by atoms with E-state index < -0.39 is 11.7 Å². The zero-order chi connectivity index (χ0) is 25.9. The van der Waals surface area contributed by atoms with Gasteiger partial charge in [0.05, 0.1) is 29.1 Å². The van der Waals surface area contributed by atoms with E-state index in [9.17, 15) is 9.59 Å². The fourth-order valence-electron chi connectivity index (χ4n) is 3.81. The fraction of sp³-hybridized carbons (Fsp3) is 0.0769. The van der Waals surface area contributed by atoms with Crippen molar-refractivity contribution >= 4 is 52.1 Å². The molecule has 0 saturated carbocycles. The van der Waals surface area contributed by atoms with Crippen LogP contribution in [-0.2, 0) is 13.1 Å². The van der Waals surface area contributed by atoms with Crippen LogP contribution in [0.1, 0.15) is 25.7 Å². The number of rotatable bonds is 8. The van der Waals surface area contributed by atoms with E-state index in [4.69, 9.17) is 11.6 Å². The van der Waals surface area contributed by atoms with Gasteiger partial charge in [0.15, 0.2) is 11.6 Å². The zero-order valence-electron chi connectivity index (χ0n) is 19.2. The summed E-state index contributed by atoms with van der Waals surface area (Å²) in [4.78, 5) is 31.5. The topological polar surface area (TPSA) is 81.8 Å². The molecule has 1 aromatic carbocycles. The molecule has 1 N–H and O–H groups in total. The van der Waals surface area contributed by atoms with E-state index in [1.165, 1.54) is 33.7 Å². The summed E-state index contributed by atoms with van der Waals surface area (Å²) in [6.45, 7) is 4.34. The molecule has 0 fully saturated rings. The second kappa shape index (κ2) is 10.6. The monoisotopic (exact) mass is 551 g/mol. The van der Waals surface area contributed by atoms with Gasteiger partial charge in [-0.2, -0.15) is 9.78 Å². The van der Waals surface area contributed by atoms with Gasteiger partial charge in [0.25, 0.3) is 11.5 Å². The number of benzene rings is 1. The third kappa shape index (κ3) is 5.04. The van der Waals surface area contributed by atoms with Crippen LogP contribution in [0.4, 0.5) is 10.2 Å². The van der Waals surface area contributed by atoms with Crippen LogP contribution in [0.5, 0.6) is 0 Å². The standard InChI is InChI=1S/C26H19ClFN5O2S2/c1-2-18-19(10-11-32(25(18)34)14-16-6-4-3-5-7-16)23-22(28)24(30-12-17-8-9-21(27)37-17)33(31-23)26(35)20-13-29-15-36-20/h2-11,13,15,30H,1,12,14H2. The lowest BCUT2D eigenvalue weighted by Crippen LogP contribution is -2.23. The van der Waals surface area contributed by atoms with Gasteiger partial charge in [-0.1, -0.05) is 54.6 Å². The smallest absolute Gasteiger partial charge is 0.291 e. The Kier molecular flexibility index (Phi) is 7.13. The molecule has 7 nitrogen and oxygen atoms in total. The molecule has 5 aromatic rings. The zero-order valence-corrected chi connectivity index (χ0v) is 21.6. The SMILES string of the molecule is C=Cc1c(-c2nn(C(=O)c3cncs3)c(NCc3ccc(Cl)s3)c2F)ccn(Cc2ccccc2)c1=O. The summed E-state index contributed by atoms with van der Waals surface area (Å²) >= 11 is 8.48. The minimum absolute atomic E-state index is 0.124. The maximum atomic E-state index is 15.9. The van der Waals surface area contributed by atoms with Gasteiger partial charge < -0.3 is 9.88 Å². The Hall–Kier alpha value is -3.86. The number of hydrogen-bond donors (Lipinski definition) is 1. The Morgan fingerprint density at radius 2 is 2.00 bits per heavy atom. The Balaban J connectivity index is 1.58. The predicted octanol–water partition coefficient (Wildman–Crippen LogP) is 6.01. The molecule has 0 aliphatic heterocycles. The number of carbonyl (C=O) groups is 1. The van der Waals surface area contributed by atoms with Gasteiger partial charge in [0.1, 0.15) is 10.6 Å². The summed E-state index contributed by atoms with van der Waals surface area (Å²) in [5, 5.41) is 7.28. The predicted molar refractivity (Wildman–Crippen MR) is 146 cm³/mol. The lowest BCUT2D eigenvalue weighted by atomic mass is 10.1. The van der Waals surface area contributed by atoms with Crippen molar-refractivity contribution in [3.05, 3.63) is 114 Å². The van der Waals surface area contributed by atoms with Crippen LogP contribution < -0.4 is 10.9 Å². The number of nitrogens with one attached hydrogen (secondary N) is 1. The second-order valence-electron chi connectivity index (χ2n) is 7.92. The average Bonchev–Trinajstić information content (AvgIpc) is 3.65. The van der Waals surface area contributed by atoms with E-state index in [2.05, 4.69) is 22.0 Å². The van der Waals surface area contributed by atoms with Crippen LogP contribution in [0.25, 0.3) is 17.3 Å². The third-order valence-electron chi connectivity index (χ3n) is 5.58. The maximum Gasteiger partial charge on any atom is 0.291 e. The summed E-state index contributed by atoms with van der Waals surface area (Å²) in [6, 6.07) is 14.7. The van der Waals surface area contributed by atoms with Crippen LogP contribution in [0.2, 0.25) is 4.34 Å². The number of thiazole rings is 1. The van der Waals surface area contributed by atoms with Crippen LogP contribution >= 0.6 is 34.3 Å². The van der Waals surface area contributed by atoms with Gasteiger partial charge in [-0.25, -0.2) is 4.39 Å². The first-order valence-electron chi connectivity index (χ1n) is 11.1. The molecule has 4 heterocycles. The first kappa shape index (κ1) is 24.8. The highest BCUT2D eigenvalue weighted by atomic mass is 35.5. The summed E-state index contributed by atoms with van der Waals surface area (Å²) < 4.78 is 19.0. The van der Waals surface area contributed by atoms with E-state index in [0.29, 0.717) is 15.8 Å². The molecule has 11 heteroatoms. The van der Waals surface area contributed by atoms with Gasteiger partial charge in [-0.15, -0.1) is 22.7 Å². The largest absolute Gasteiger partial charge is 0.363 e. The maximum absolute atomic E-state index is 15.9. The number of thiophene rings is 1. The van der Waals surface area contributed by atoms with Crippen molar-refractivity contribution in [3.63, 3.8) is 0 Å². The third-order valence-corrected chi connectivity index (χ3v) is 7.57. The van der Waals surface area contributed by atoms with Gasteiger partial charge in [-0.05, 0) is 23.8 Å². The van der Waals surface area contributed by atoms with Gasteiger partial charge in [0.2, 0.25) is 0 Å². The summed E-state index contributed by atoms with van der Waals surface area (Å²) in [5.41, 5.74) is 2.39. The number of pyridine rings is 1. The quantitative estimate of drug-likeness (QED) is 0.255. The summed E-state index contributed by atoms with van der Waals surface area (Å²) in [6.07, 6.45) is 4.36. The molecule has 0 aliphatic rings. The van der Waals surface area contributed by atoms with Crippen molar-refractivity contribution in [1.82, 2.24) is 19.3 Å². The van der Waals surface area contributed by atoms with Gasteiger partial charge in [-0.3, -0.25) is 14.6 Å². The minimum atomic E-state index is -0.760. The van der Waals surface area contributed by atoms with Crippen molar-refractivity contribution in [2.75, 3.05) is 5.32 Å². The summed E-state index contributed by atoms with van der Waals surface area (Å²) in [7, 11) is 0. The number of nitrogens with zero attached hydrogens (tertiary/aromatic N) is 4. The van der Waals surface area contributed by atoms with Crippen molar-refractivity contribution in [2.24, 2.45) is 0 Å². The van der Waals surface area contributed by atoms with E-state index in [1.54, 1.807) is 18.3 Å². The molecule has 0 amide bonds.